The molecule has 0 unspecified atom stereocenters. The molecule has 0 aliphatic carbocycles. The third-order valence-electron chi connectivity index (χ3n) is 3.56. The number of tetrazole rings is 1. The number of amides is 1. The largest absolute Gasteiger partial charge is 0.497 e. The predicted octanol–water partition coefficient (Wildman–Crippen LogP) is 2.95. The highest BCUT2D eigenvalue weighted by atomic mass is 35.5. The Morgan fingerprint density at radius 1 is 1.24 bits per heavy atom. The van der Waals surface area contributed by atoms with Crippen LogP contribution in [0.3, 0.4) is 0 Å². The van der Waals surface area contributed by atoms with Crippen molar-refractivity contribution in [3.05, 3.63) is 53.1 Å². The number of carbonyl (C=O) groups is 1. The van der Waals surface area contributed by atoms with E-state index in [0.717, 1.165) is 16.9 Å². The molecule has 0 fully saturated rings. The van der Waals surface area contributed by atoms with Crippen LogP contribution in [0.4, 0.5) is 5.69 Å². The van der Waals surface area contributed by atoms with Crippen molar-refractivity contribution in [2.24, 2.45) is 0 Å². The summed E-state index contributed by atoms with van der Waals surface area (Å²) in [5.41, 5.74) is 2.37. The van der Waals surface area contributed by atoms with Crippen molar-refractivity contribution in [2.45, 2.75) is 13.5 Å². The molecule has 2 aromatic carbocycles. The van der Waals surface area contributed by atoms with E-state index >= 15 is 0 Å². The zero-order valence-electron chi connectivity index (χ0n) is 13.7. The molecular weight excluding hydrogens is 342 g/mol. The van der Waals surface area contributed by atoms with Crippen LogP contribution < -0.4 is 10.1 Å². The summed E-state index contributed by atoms with van der Waals surface area (Å²) in [6.45, 7) is 1.84. The van der Waals surface area contributed by atoms with E-state index < -0.39 is 0 Å². The number of aromatic nitrogens is 4. The molecule has 0 bridgehead atoms. The molecule has 8 heteroatoms. The number of carbonyl (C=O) groups excluding carboxylic acids is 1. The number of anilines is 1. The number of nitrogens with one attached hydrogen (secondary N) is 1. The highest BCUT2D eigenvalue weighted by molar-refractivity contribution is 6.31. The van der Waals surface area contributed by atoms with Gasteiger partial charge in [-0.05, 0) is 54.1 Å². The summed E-state index contributed by atoms with van der Waals surface area (Å²) >= 11 is 5.95. The van der Waals surface area contributed by atoms with Crippen molar-refractivity contribution in [1.29, 1.82) is 0 Å². The Balaban J connectivity index is 1.68. The molecule has 1 N–H and O–H groups in total. The number of nitrogens with zero attached hydrogens (tertiary/aromatic N) is 4. The van der Waals surface area contributed by atoms with Gasteiger partial charge >= 0.3 is 0 Å². The maximum absolute atomic E-state index is 12.2. The molecule has 128 valence electrons. The third-order valence-corrected chi connectivity index (χ3v) is 3.79. The van der Waals surface area contributed by atoms with E-state index in [9.17, 15) is 4.79 Å². The van der Waals surface area contributed by atoms with Crippen LogP contribution in [0.2, 0.25) is 5.02 Å². The Hall–Kier alpha value is -2.93. The monoisotopic (exact) mass is 357 g/mol. The van der Waals surface area contributed by atoms with Gasteiger partial charge in [-0.2, -0.15) is 4.80 Å². The van der Waals surface area contributed by atoms with E-state index in [1.165, 1.54) is 4.80 Å². The normalized spacial score (nSPS) is 10.5. The average molecular weight is 358 g/mol. The minimum Gasteiger partial charge on any atom is -0.497 e. The number of aryl methyl sites for hydroxylation is 1. The maximum Gasteiger partial charge on any atom is 0.248 e. The van der Waals surface area contributed by atoms with E-state index in [1.807, 2.05) is 37.3 Å². The first-order valence-corrected chi connectivity index (χ1v) is 7.91. The minimum absolute atomic E-state index is 0.0465. The molecular formula is C17H16ClN5O2. The summed E-state index contributed by atoms with van der Waals surface area (Å²) in [7, 11) is 1.60. The van der Waals surface area contributed by atoms with Crippen LogP contribution in [0.25, 0.3) is 11.4 Å². The molecule has 0 spiro atoms. The predicted molar refractivity (Wildman–Crippen MR) is 94.6 cm³/mol. The molecule has 0 aliphatic rings. The lowest BCUT2D eigenvalue weighted by molar-refractivity contribution is -0.117. The van der Waals surface area contributed by atoms with Crippen LogP contribution in [0, 0.1) is 6.92 Å². The zero-order valence-corrected chi connectivity index (χ0v) is 14.5. The molecule has 3 rings (SSSR count). The molecule has 0 saturated carbocycles. The van der Waals surface area contributed by atoms with Crippen LogP contribution in [-0.4, -0.2) is 33.2 Å². The van der Waals surface area contributed by atoms with Gasteiger partial charge in [-0.1, -0.05) is 17.7 Å². The fourth-order valence-electron chi connectivity index (χ4n) is 2.21. The molecule has 0 radical (unpaired) electrons. The van der Waals surface area contributed by atoms with Gasteiger partial charge in [0.1, 0.15) is 12.3 Å². The second-order valence-corrected chi connectivity index (χ2v) is 5.82. The zero-order chi connectivity index (χ0) is 17.8. The van der Waals surface area contributed by atoms with Gasteiger partial charge < -0.3 is 10.1 Å². The van der Waals surface area contributed by atoms with Crippen LogP contribution in [0.5, 0.6) is 5.75 Å². The summed E-state index contributed by atoms with van der Waals surface area (Å²) < 4.78 is 5.11. The topological polar surface area (TPSA) is 81.9 Å². The summed E-state index contributed by atoms with van der Waals surface area (Å²) in [5, 5.41) is 15.5. The van der Waals surface area contributed by atoms with E-state index in [1.54, 1.807) is 19.2 Å². The first-order chi connectivity index (χ1) is 12.0. The summed E-state index contributed by atoms with van der Waals surface area (Å²) in [4.78, 5) is 13.4. The Labute approximate surface area is 149 Å². The lowest BCUT2D eigenvalue weighted by Gasteiger charge is -2.08. The van der Waals surface area contributed by atoms with Gasteiger partial charge in [-0.3, -0.25) is 4.79 Å². The van der Waals surface area contributed by atoms with Gasteiger partial charge in [0, 0.05) is 16.3 Å². The quantitative estimate of drug-likeness (QED) is 0.759. The Morgan fingerprint density at radius 2 is 2.00 bits per heavy atom. The number of halogens is 1. The molecule has 3 aromatic rings. The highest BCUT2D eigenvalue weighted by Crippen LogP contribution is 2.20. The van der Waals surface area contributed by atoms with Gasteiger partial charge in [0.05, 0.1) is 7.11 Å². The van der Waals surface area contributed by atoms with Gasteiger partial charge in [0.2, 0.25) is 11.7 Å². The van der Waals surface area contributed by atoms with Crippen LogP contribution in [0.1, 0.15) is 5.56 Å². The molecule has 0 saturated heterocycles. The number of hydrogen-bond donors (Lipinski definition) is 1. The number of rotatable bonds is 5. The van der Waals surface area contributed by atoms with Crippen LogP contribution in [-0.2, 0) is 11.3 Å². The standard InChI is InChI=1S/C17H16ClN5O2/c1-11-3-6-13(18)9-15(11)19-16(24)10-23-21-17(20-22-23)12-4-7-14(25-2)8-5-12/h3-9H,10H2,1-2H3,(H,19,24). The molecule has 1 amide bonds. The van der Waals surface area contributed by atoms with Gasteiger partial charge in [0.15, 0.2) is 0 Å². The Bertz CT molecular complexity index is 892. The number of methoxy groups -OCH3 is 1. The van der Waals surface area contributed by atoms with Gasteiger partial charge in [0.25, 0.3) is 0 Å². The Morgan fingerprint density at radius 3 is 2.72 bits per heavy atom. The maximum atomic E-state index is 12.2. The lowest BCUT2D eigenvalue weighted by atomic mass is 10.2. The average Bonchev–Trinajstić information content (AvgIpc) is 3.06. The first kappa shape index (κ1) is 16.9. The molecule has 25 heavy (non-hydrogen) atoms. The molecule has 0 aliphatic heterocycles. The second-order valence-electron chi connectivity index (χ2n) is 5.38. The molecule has 1 aromatic heterocycles. The summed E-state index contributed by atoms with van der Waals surface area (Å²) in [6, 6.07) is 12.6. The SMILES string of the molecule is COc1ccc(-c2nnn(CC(=O)Nc3cc(Cl)ccc3C)n2)cc1. The number of benzene rings is 2. The van der Waals surface area contributed by atoms with E-state index in [4.69, 9.17) is 16.3 Å². The summed E-state index contributed by atoms with van der Waals surface area (Å²) in [6.07, 6.45) is 0. The van der Waals surface area contributed by atoms with Gasteiger partial charge in [-0.25, -0.2) is 0 Å². The smallest absolute Gasteiger partial charge is 0.248 e. The number of ether oxygens (including phenoxy) is 1. The summed E-state index contributed by atoms with van der Waals surface area (Å²) in [5.74, 6) is 0.922. The number of hydrogen-bond acceptors (Lipinski definition) is 5. The third kappa shape index (κ3) is 4.13. The fraction of sp³-hybridized carbons (Fsp3) is 0.176. The van der Waals surface area contributed by atoms with Crippen molar-refractivity contribution in [2.75, 3.05) is 12.4 Å². The molecule has 1 heterocycles. The van der Waals surface area contributed by atoms with E-state index in [0.29, 0.717) is 16.5 Å². The van der Waals surface area contributed by atoms with E-state index in [2.05, 4.69) is 20.7 Å². The van der Waals surface area contributed by atoms with Crippen molar-refractivity contribution in [3.63, 3.8) is 0 Å². The van der Waals surface area contributed by atoms with Crippen molar-refractivity contribution in [3.8, 4) is 17.1 Å². The van der Waals surface area contributed by atoms with Crippen molar-refractivity contribution < 1.29 is 9.53 Å². The van der Waals surface area contributed by atoms with Crippen molar-refractivity contribution >= 4 is 23.2 Å². The molecule has 0 atom stereocenters. The first-order valence-electron chi connectivity index (χ1n) is 7.53. The molecule has 7 nitrogen and oxygen atoms in total. The Kier molecular flexibility index (Phi) is 4.95. The van der Waals surface area contributed by atoms with E-state index in [-0.39, 0.29) is 12.5 Å². The highest BCUT2D eigenvalue weighted by Gasteiger charge is 2.11. The lowest BCUT2D eigenvalue weighted by Crippen LogP contribution is -2.21. The second kappa shape index (κ2) is 7.31. The minimum atomic E-state index is -0.260. The fourth-order valence-corrected chi connectivity index (χ4v) is 2.39. The van der Waals surface area contributed by atoms with Crippen LogP contribution >= 0.6 is 11.6 Å². The van der Waals surface area contributed by atoms with Crippen LogP contribution in [0.15, 0.2) is 42.5 Å². The van der Waals surface area contributed by atoms with Gasteiger partial charge in [-0.15, -0.1) is 10.2 Å². The van der Waals surface area contributed by atoms with Crippen molar-refractivity contribution in [1.82, 2.24) is 20.2 Å².